The SMILES string of the molecule is CNCCC(C)(O)c1c(OC)cnn1C(C)C. The highest BCUT2D eigenvalue weighted by Crippen LogP contribution is 2.33. The summed E-state index contributed by atoms with van der Waals surface area (Å²) < 4.78 is 7.09. The number of aliphatic hydroxyl groups is 1. The van der Waals surface area contributed by atoms with Crippen LogP contribution in [0, 0.1) is 0 Å². The summed E-state index contributed by atoms with van der Waals surface area (Å²) in [6, 6.07) is 0.190. The van der Waals surface area contributed by atoms with Gasteiger partial charge in [-0.1, -0.05) is 0 Å². The van der Waals surface area contributed by atoms with Crippen LogP contribution >= 0.6 is 0 Å². The van der Waals surface area contributed by atoms with E-state index in [-0.39, 0.29) is 6.04 Å². The molecule has 1 aromatic heterocycles. The Bertz CT molecular complexity index is 359. The zero-order chi connectivity index (χ0) is 13.1. The highest BCUT2D eigenvalue weighted by Gasteiger charge is 2.31. The highest BCUT2D eigenvalue weighted by atomic mass is 16.5. The Kier molecular flexibility index (Phi) is 4.54. The van der Waals surface area contributed by atoms with Gasteiger partial charge < -0.3 is 15.2 Å². The molecule has 1 atom stereocenters. The summed E-state index contributed by atoms with van der Waals surface area (Å²) in [6.45, 7) is 6.59. The fourth-order valence-corrected chi connectivity index (χ4v) is 1.89. The van der Waals surface area contributed by atoms with Crippen molar-refractivity contribution in [1.29, 1.82) is 0 Å². The van der Waals surface area contributed by atoms with Gasteiger partial charge in [-0.3, -0.25) is 4.68 Å². The topological polar surface area (TPSA) is 59.3 Å². The van der Waals surface area contributed by atoms with Crippen LogP contribution in [0.4, 0.5) is 0 Å². The van der Waals surface area contributed by atoms with Gasteiger partial charge in [0.05, 0.1) is 13.3 Å². The monoisotopic (exact) mass is 241 g/mol. The van der Waals surface area contributed by atoms with E-state index in [4.69, 9.17) is 4.74 Å². The average Bonchev–Trinajstić information content (AvgIpc) is 2.70. The summed E-state index contributed by atoms with van der Waals surface area (Å²) >= 11 is 0. The van der Waals surface area contributed by atoms with E-state index in [1.165, 1.54) is 0 Å². The van der Waals surface area contributed by atoms with Gasteiger partial charge in [0.2, 0.25) is 0 Å². The lowest BCUT2D eigenvalue weighted by Gasteiger charge is -2.26. The highest BCUT2D eigenvalue weighted by molar-refractivity contribution is 5.30. The molecule has 2 N–H and O–H groups in total. The van der Waals surface area contributed by atoms with Crippen LogP contribution in [0.5, 0.6) is 5.75 Å². The van der Waals surface area contributed by atoms with Crippen molar-refractivity contribution in [2.24, 2.45) is 0 Å². The van der Waals surface area contributed by atoms with Gasteiger partial charge in [0, 0.05) is 6.04 Å². The fraction of sp³-hybridized carbons (Fsp3) is 0.750. The van der Waals surface area contributed by atoms with Gasteiger partial charge in [0.1, 0.15) is 11.3 Å². The molecule has 1 rings (SSSR count). The zero-order valence-corrected chi connectivity index (χ0v) is 11.3. The first-order valence-corrected chi connectivity index (χ1v) is 5.93. The molecule has 0 spiro atoms. The summed E-state index contributed by atoms with van der Waals surface area (Å²) in [5.74, 6) is 0.639. The minimum Gasteiger partial charge on any atom is -0.493 e. The van der Waals surface area contributed by atoms with Gasteiger partial charge in [0.15, 0.2) is 5.75 Å². The molecule has 0 aromatic carbocycles. The zero-order valence-electron chi connectivity index (χ0n) is 11.3. The van der Waals surface area contributed by atoms with Crippen molar-refractivity contribution in [3.63, 3.8) is 0 Å². The predicted molar refractivity (Wildman–Crippen MR) is 67.3 cm³/mol. The standard InChI is InChI=1S/C12H23N3O2/c1-9(2)15-11(10(17-5)8-14-15)12(3,16)6-7-13-4/h8-9,13,16H,6-7H2,1-5H3. The smallest absolute Gasteiger partial charge is 0.162 e. The minimum absolute atomic E-state index is 0.190. The van der Waals surface area contributed by atoms with E-state index in [9.17, 15) is 5.11 Å². The second kappa shape index (κ2) is 5.51. The third kappa shape index (κ3) is 2.98. The maximum Gasteiger partial charge on any atom is 0.162 e. The Morgan fingerprint density at radius 1 is 1.59 bits per heavy atom. The van der Waals surface area contributed by atoms with E-state index < -0.39 is 5.60 Å². The molecule has 1 aromatic rings. The fourth-order valence-electron chi connectivity index (χ4n) is 1.89. The van der Waals surface area contributed by atoms with Gasteiger partial charge in [-0.2, -0.15) is 5.10 Å². The van der Waals surface area contributed by atoms with Crippen molar-refractivity contribution in [2.45, 2.75) is 38.8 Å². The number of aromatic nitrogens is 2. The molecule has 5 nitrogen and oxygen atoms in total. The first kappa shape index (κ1) is 14.0. The molecule has 17 heavy (non-hydrogen) atoms. The molecule has 0 bridgehead atoms. The number of nitrogens with zero attached hydrogens (tertiary/aromatic N) is 2. The van der Waals surface area contributed by atoms with Crippen molar-refractivity contribution in [2.75, 3.05) is 20.7 Å². The molecule has 0 aliphatic carbocycles. The van der Waals surface area contributed by atoms with E-state index in [0.29, 0.717) is 12.2 Å². The van der Waals surface area contributed by atoms with Crippen LogP contribution in [-0.2, 0) is 5.60 Å². The number of nitrogens with one attached hydrogen (secondary N) is 1. The minimum atomic E-state index is -0.949. The van der Waals surface area contributed by atoms with Crippen LogP contribution in [0.25, 0.3) is 0 Å². The number of hydrogen-bond donors (Lipinski definition) is 2. The summed E-state index contributed by atoms with van der Waals surface area (Å²) in [5.41, 5.74) is -0.208. The van der Waals surface area contributed by atoms with Gasteiger partial charge in [-0.25, -0.2) is 0 Å². The molecule has 0 saturated carbocycles. The predicted octanol–water partition coefficient (Wildman–Crippen LogP) is 1.29. The van der Waals surface area contributed by atoms with E-state index in [1.54, 1.807) is 20.2 Å². The molecule has 0 aliphatic heterocycles. The quantitative estimate of drug-likeness (QED) is 0.788. The summed E-state index contributed by atoms with van der Waals surface area (Å²) in [4.78, 5) is 0. The van der Waals surface area contributed by atoms with E-state index in [2.05, 4.69) is 10.4 Å². The number of hydrogen-bond acceptors (Lipinski definition) is 4. The van der Waals surface area contributed by atoms with Gasteiger partial charge >= 0.3 is 0 Å². The average molecular weight is 241 g/mol. The lowest BCUT2D eigenvalue weighted by atomic mass is 9.97. The molecule has 0 radical (unpaired) electrons. The van der Waals surface area contributed by atoms with Crippen molar-refractivity contribution in [3.8, 4) is 5.75 Å². The maximum absolute atomic E-state index is 10.6. The van der Waals surface area contributed by atoms with Gasteiger partial charge in [-0.05, 0) is 40.8 Å². The summed E-state index contributed by atoms with van der Waals surface area (Å²) in [7, 11) is 3.46. The first-order chi connectivity index (χ1) is 7.94. The molecule has 1 unspecified atom stereocenters. The first-order valence-electron chi connectivity index (χ1n) is 5.93. The molecule has 1 heterocycles. The van der Waals surface area contributed by atoms with Crippen LogP contribution in [0.15, 0.2) is 6.20 Å². The molecular formula is C12H23N3O2. The van der Waals surface area contributed by atoms with E-state index >= 15 is 0 Å². The van der Waals surface area contributed by atoms with Crippen molar-refractivity contribution >= 4 is 0 Å². The van der Waals surface area contributed by atoms with Gasteiger partial charge in [0.25, 0.3) is 0 Å². The molecule has 98 valence electrons. The lowest BCUT2D eigenvalue weighted by Crippen LogP contribution is -2.30. The summed E-state index contributed by atoms with van der Waals surface area (Å²) in [6.07, 6.45) is 2.27. The van der Waals surface area contributed by atoms with Gasteiger partial charge in [-0.15, -0.1) is 0 Å². The van der Waals surface area contributed by atoms with Crippen LogP contribution in [0.3, 0.4) is 0 Å². The van der Waals surface area contributed by atoms with Crippen LogP contribution < -0.4 is 10.1 Å². The van der Waals surface area contributed by atoms with Crippen molar-refractivity contribution in [1.82, 2.24) is 15.1 Å². The second-order valence-corrected chi connectivity index (χ2v) is 4.73. The molecule has 0 aliphatic rings. The van der Waals surface area contributed by atoms with E-state index in [0.717, 1.165) is 12.2 Å². The molecule has 0 saturated heterocycles. The normalized spacial score (nSPS) is 15.0. The number of ether oxygens (including phenoxy) is 1. The molecule has 5 heteroatoms. The lowest BCUT2D eigenvalue weighted by molar-refractivity contribution is 0.0354. The van der Waals surface area contributed by atoms with E-state index in [1.807, 2.05) is 25.6 Å². The number of rotatable bonds is 6. The second-order valence-electron chi connectivity index (χ2n) is 4.73. The van der Waals surface area contributed by atoms with Crippen LogP contribution in [0.2, 0.25) is 0 Å². The molecular weight excluding hydrogens is 218 g/mol. The Morgan fingerprint density at radius 2 is 2.24 bits per heavy atom. The third-order valence-corrected chi connectivity index (χ3v) is 2.84. The Balaban J connectivity index is 3.12. The van der Waals surface area contributed by atoms with Crippen molar-refractivity contribution in [3.05, 3.63) is 11.9 Å². The molecule has 0 amide bonds. The van der Waals surface area contributed by atoms with Crippen LogP contribution in [0.1, 0.15) is 38.9 Å². The maximum atomic E-state index is 10.6. The third-order valence-electron chi connectivity index (χ3n) is 2.84. The summed E-state index contributed by atoms with van der Waals surface area (Å²) in [5, 5.41) is 17.9. The Hall–Kier alpha value is -1.07. The number of methoxy groups -OCH3 is 1. The Morgan fingerprint density at radius 3 is 2.71 bits per heavy atom. The Labute approximate surface area is 103 Å². The largest absolute Gasteiger partial charge is 0.493 e. The van der Waals surface area contributed by atoms with Crippen LogP contribution in [-0.4, -0.2) is 35.6 Å². The molecule has 0 fully saturated rings. The van der Waals surface area contributed by atoms with Crippen molar-refractivity contribution < 1.29 is 9.84 Å².